The maximum atomic E-state index is 14.6. The van der Waals surface area contributed by atoms with Crippen LogP contribution in [0.15, 0.2) is 42.5 Å². The third-order valence-corrected chi connectivity index (χ3v) is 7.39. The van der Waals surface area contributed by atoms with Gasteiger partial charge in [0.2, 0.25) is 11.7 Å². The van der Waals surface area contributed by atoms with E-state index in [9.17, 15) is 37.1 Å². The highest BCUT2D eigenvalue weighted by atomic mass is 19.3. The highest BCUT2D eigenvalue weighted by Gasteiger charge is 2.43. The van der Waals surface area contributed by atoms with Crippen LogP contribution in [0.2, 0.25) is 0 Å². The van der Waals surface area contributed by atoms with E-state index in [0.717, 1.165) is 29.2 Å². The van der Waals surface area contributed by atoms with Crippen LogP contribution < -0.4 is 5.73 Å². The van der Waals surface area contributed by atoms with E-state index < -0.39 is 72.0 Å². The number of halogens is 3. The van der Waals surface area contributed by atoms with Crippen molar-refractivity contribution < 1.29 is 41.9 Å². The van der Waals surface area contributed by atoms with E-state index in [2.05, 4.69) is 0 Å². The minimum atomic E-state index is -3.78. The van der Waals surface area contributed by atoms with Gasteiger partial charge in [-0.15, -0.1) is 0 Å². The Morgan fingerprint density at radius 3 is 2.44 bits per heavy atom. The monoisotopic (exact) mass is 573 g/mol. The zero-order chi connectivity index (χ0) is 30.1. The van der Waals surface area contributed by atoms with Gasteiger partial charge in [0.25, 0.3) is 11.8 Å². The number of amides is 3. The van der Waals surface area contributed by atoms with Gasteiger partial charge in [0.1, 0.15) is 17.9 Å². The number of Topliss-reactive ketones (excluding diaryl/α,β-unsaturated/α-hetero) is 1. The van der Waals surface area contributed by atoms with Crippen LogP contribution in [0.1, 0.15) is 60.2 Å². The van der Waals surface area contributed by atoms with E-state index in [1.54, 1.807) is 26.0 Å². The molecule has 0 aliphatic carbocycles. The lowest BCUT2D eigenvalue weighted by atomic mass is 9.97. The topological polar surface area (TPSA) is 127 Å². The molecule has 1 fully saturated rings. The smallest absolute Gasteiger partial charge is 0.330 e. The number of ketones is 1. The summed E-state index contributed by atoms with van der Waals surface area (Å²) in [6, 6.07) is 6.27. The van der Waals surface area contributed by atoms with Gasteiger partial charge in [-0.2, -0.15) is 8.78 Å². The first kappa shape index (κ1) is 29.9. The maximum absolute atomic E-state index is 14.6. The first-order valence-electron chi connectivity index (χ1n) is 13.2. The third-order valence-electron chi connectivity index (χ3n) is 7.39. The van der Waals surface area contributed by atoms with Crippen molar-refractivity contribution in [1.29, 1.82) is 0 Å². The molecule has 2 atom stereocenters. The number of benzene rings is 2. The lowest BCUT2D eigenvalue weighted by molar-refractivity contribution is -0.165. The number of hydrogen-bond acceptors (Lipinski definition) is 7. The molecule has 2 heterocycles. The number of aryl methyl sites for hydroxylation is 1. The Morgan fingerprint density at radius 2 is 1.78 bits per heavy atom. The number of esters is 1. The van der Waals surface area contributed by atoms with Crippen LogP contribution in [0.4, 0.5) is 13.2 Å². The second-order valence-electron chi connectivity index (χ2n) is 10.5. The molecular weight excluding hydrogens is 543 g/mol. The summed E-state index contributed by atoms with van der Waals surface area (Å²) in [5.74, 6) is -8.41. The number of ether oxygens (including phenoxy) is 1. The largest absolute Gasteiger partial charge is 0.443 e. The molecule has 2 aliphatic heterocycles. The molecule has 4 rings (SSSR count). The van der Waals surface area contributed by atoms with E-state index in [-0.39, 0.29) is 31.7 Å². The van der Waals surface area contributed by atoms with E-state index in [4.69, 9.17) is 10.5 Å². The average Bonchev–Trinajstić information content (AvgIpc) is 3.26. The average molecular weight is 574 g/mol. The number of carbonyl (C=O) groups is 5. The van der Waals surface area contributed by atoms with Gasteiger partial charge in [-0.05, 0) is 60.2 Å². The van der Waals surface area contributed by atoms with Gasteiger partial charge >= 0.3 is 11.9 Å². The zero-order valence-corrected chi connectivity index (χ0v) is 22.6. The normalized spacial score (nSPS) is 18.1. The Kier molecular flexibility index (Phi) is 8.62. The molecule has 41 heavy (non-hydrogen) atoms. The van der Waals surface area contributed by atoms with Crippen molar-refractivity contribution in [2.45, 2.75) is 64.1 Å². The lowest BCUT2D eigenvalue weighted by Gasteiger charge is -2.35. The van der Waals surface area contributed by atoms with Crippen molar-refractivity contribution in [3.8, 4) is 0 Å². The van der Waals surface area contributed by atoms with Crippen molar-refractivity contribution in [2.24, 2.45) is 11.7 Å². The third kappa shape index (κ3) is 6.17. The number of carbonyl (C=O) groups excluding carboxylic acids is 5. The molecular formula is C29H30F3N3O6. The molecule has 2 aromatic carbocycles. The zero-order valence-electron chi connectivity index (χ0n) is 22.6. The molecule has 0 bridgehead atoms. The summed E-state index contributed by atoms with van der Waals surface area (Å²) in [6.07, 6.45) is -0.461. The Balaban J connectivity index is 1.40. The molecule has 3 amide bonds. The van der Waals surface area contributed by atoms with Gasteiger partial charge in [-0.1, -0.05) is 26.0 Å². The van der Waals surface area contributed by atoms with Crippen LogP contribution in [0, 0.1) is 11.7 Å². The quantitative estimate of drug-likeness (QED) is 0.342. The highest BCUT2D eigenvalue weighted by molar-refractivity contribution is 6.05. The number of hydrogen-bond donors (Lipinski definition) is 1. The molecule has 1 saturated heterocycles. The highest BCUT2D eigenvalue weighted by Crippen LogP contribution is 2.32. The van der Waals surface area contributed by atoms with Crippen molar-refractivity contribution in [1.82, 2.24) is 9.80 Å². The summed E-state index contributed by atoms with van der Waals surface area (Å²) in [5.41, 5.74) is 6.58. The minimum absolute atomic E-state index is 0.0222. The number of nitrogens with two attached hydrogens (primary N) is 1. The van der Waals surface area contributed by atoms with E-state index in [1.165, 1.54) is 11.0 Å². The van der Waals surface area contributed by atoms with Crippen LogP contribution in [-0.4, -0.2) is 58.1 Å². The fraction of sp³-hybridized carbons (Fsp3) is 0.414. The predicted octanol–water partition coefficient (Wildman–Crippen LogP) is 3.08. The molecule has 0 aromatic heterocycles. The summed E-state index contributed by atoms with van der Waals surface area (Å²) < 4.78 is 47.3. The Hall–Kier alpha value is -4.06. The fourth-order valence-corrected chi connectivity index (χ4v) is 4.78. The summed E-state index contributed by atoms with van der Waals surface area (Å²) in [6.45, 7) is 2.88. The predicted molar refractivity (Wildman–Crippen MR) is 139 cm³/mol. The minimum Gasteiger partial charge on any atom is -0.443 e. The van der Waals surface area contributed by atoms with Crippen molar-refractivity contribution in [3.63, 3.8) is 0 Å². The summed E-state index contributed by atoms with van der Waals surface area (Å²) >= 11 is 0. The van der Waals surface area contributed by atoms with Crippen LogP contribution in [0.3, 0.4) is 0 Å². The molecule has 0 saturated carbocycles. The van der Waals surface area contributed by atoms with Crippen molar-refractivity contribution in [2.75, 3.05) is 6.73 Å². The first-order valence-corrected chi connectivity index (χ1v) is 13.2. The van der Waals surface area contributed by atoms with Crippen LogP contribution in [0.25, 0.3) is 0 Å². The second-order valence-corrected chi connectivity index (χ2v) is 10.5. The molecule has 2 N–H and O–H groups in total. The van der Waals surface area contributed by atoms with E-state index in [1.807, 2.05) is 0 Å². The lowest BCUT2D eigenvalue weighted by Crippen LogP contribution is -2.55. The Morgan fingerprint density at radius 1 is 1.10 bits per heavy atom. The summed E-state index contributed by atoms with van der Waals surface area (Å²) in [7, 11) is 0. The number of piperidine rings is 1. The molecule has 12 heteroatoms. The molecule has 1 unspecified atom stereocenters. The molecule has 218 valence electrons. The van der Waals surface area contributed by atoms with E-state index >= 15 is 0 Å². The molecule has 0 radical (unpaired) electrons. The van der Waals surface area contributed by atoms with Crippen LogP contribution >= 0.6 is 0 Å². The number of rotatable bonds is 10. The fourth-order valence-electron chi connectivity index (χ4n) is 4.78. The van der Waals surface area contributed by atoms with Gasteiger partial charge in [-0.25, -0.2) is 9.29 Å². The second kappa shape index (κ2) is 11.8. The SMILES string of the molecule is CC(C)[C@H](N)C(=O)OCN1C(=O)CCC(N2Cc3cc(CCC(=O)C(F)(F)c4ccc(F)cc4)ccc3C2=O)C1=O. The maximum Gasteiger partial charge on any atom is 0.330 e. The number of likely N-dealkylation sites (tertiary alicyclic amines) is 1. The van der Waals surface area contributed by atoms with Crippen molar-refractivity contribution in [3.05, 3.63) is 70.5 Å². The number of imide groups is 1. The molecule has 2 aromatic rings. The number of nitrogens with zero attached hydrogens (tertiary/aromatic N) is 2. The molecule has 0 spiro atoms. The van der Waals surface area contributed by atoms with Crippen LogP contribution in [-0.2, 0) is 42.8 Å². The van der Waals surface area contributed by atoms with Gasteiger partial charge in [0.05, 0.1) is 0 Å². The Labute approximate surface area is 234 Å². The number of alkyl halides is 2. The summed E-state index contributed by atoms with van der Waals surface area (Å²) in [4.78, 5) is 65.3. The Bertz CT molecular complexity index is 1380. The molecule has 2 aliphatic rings. The van der Waals surface area contributed by atoms with Gasteiger partial charge in [0, 0.05) is 30.5 Å². The molecule has 9 nitrogen and oxygen atoms in total. The van der Waals surface area contributed by atoms with E-state index in [0.29, 0.717) is 16.7 Å². The van der Waals surface area contributed by atoms with Gasteiger partial charge in [-0.3, -0.25) is 24.0 Å². The van der Waals surface area contributed by atoms with Gasteiger partial charge in [0.15, 0.2) is 6.73 Å². The van der Waals surface area contributed by atoms with Crippen LogP contribution in [0.5, 0.6) is 0 Å². The standard InChI is InChI=1S/C29H30F3N3O6/c1-16(2)25(33)28(40)41-15-35-24(37)12-10-22(27(35)39)34-14-18-13-17(3-9-21(18)26(34)38)4-11-23(36)29(31,32)19-5-7-20(30)8-6-19/h3,5-9,13,16,22,25H,4,10-12,14-15,33H2,1-2H3/t22?,25-/m0/s1. The number of fused-ring (bicyclic) bond motifs is 1. The first-order chi connectivity index (χ1) is 19.3. The van der Waals surface area contributed by atoms with Gasteiger partial charge < -0.3 is 15.4 Å². The summed E-state index contributed by atoms with van der Waals surface area (Å²) in [5, 5.41) is 0. The van der Waals surface area contributed by atoms with Crippen molar-refractivity contribution >= 4 is 29.5 Å².